The lowest BCUT2D eigenvalue weighted by Gasteiger charge is -2.22. The van der Waals surface area contributed by atoms with Gasteiger partial charge in [0.25, 0.3) is 0 Å². The highest BCUT2D eigenvalue weighted by atomic mass is 14.7. The Kier molecular flexibility index (Phi) is 5.99. The molecule has 0 N–H and O–H groups in total. The number of nitrogens with zero attached hydrogens (tertiary/aromatic N) is 1. The Labute approximate surface area is 286 Å². The lowest BCUT2D eigenvalue weighted by Crippen LogP contribution is -2.14. The molecule has 0 radical (unpaired) electrons. The maximum absolute atomic E-state index is 5.09. The van der Waals surface area contributed by atoms with Gasteiger partial charge in [-0.05, 0) is 100 Å². The summed E-state index contributed by atoms with van der Waals surface area (Å²) in [6.07, 6.45) is 1.95. The van der Waals surface area contributed by atoms with Gasteiger partial charge in [0.05, 0.1) is 5.69 Å². The highest BCUT2D eigenvalue weighted by molar-refractivity contribution is 6.23. The molecule has 0 atom stereocenters. The van der Waals surface area contributed by atoms with Crippen molar-refractivity contribution < 1.29 is 0 Å². The van der Waals surface area contributed by atoms with E-state index in [-0.39, 0.29) is 5.41 Å². The largest absolute Gasteiger partial charge is 0.256 e. The second kappa shape index (κ2) is 10.5. The van der Waals surface area contributed by atoms with Gasteiger partial charge in [0.15, 0.2) is 0 Å². The van der Waals surface area contributed by atoms with Crippen molar-refractivity contribution in [1.82, 2.24) is 4.98 Å². The smallest absolute Gasteiger partial charge is 0.0792 e. The van der Waals surface area contributed by atoms with Gasteiger partial charge in [0.1, 0.15) is 0 Å². The van der Waals surface area contributed by atoms with Gasteiger partial charge in [0.2, 0.25) is 0 Å². The van der Waals surface area contributed by atoms with Crippen molar-refractivity contribution in [1.29, 1.82) is 0 Å². The molecule has 0 spiro atoms. The molecule has 0 saturated heterocycles. The molecule has 49 heavy (non-hydrogen) atoms. The zero-order valence-corrected chi connectivity index (χ0v) is 27.5. The second-order valence-corrected chi connectivity index (χ2v) is 13.9. The van der Waals surface area contributed by atoms with Gasteiger partial charge < -0.3 is 0 Å². The van der Waals surface area contributed by atoms with Gasteiger partial charge >= 0.3 is 0 Å². The maximum Gasteiger partial charge on any atom is 0.0792 e. The molecule has 0 aliphatic heterocycles. The van der Waals surface area contributed by atoms with E-state index in [2.05, 4.69) is 172 Å². The minimum absolute atomic E-state index is 0.0416. The van der Waals surface area contributed by atoms with Crippen molar-refractivity contribution >= 4 is 43.1 Å². The van der Waals surface area contributed by atoms with Crippen molar-refractivity contribution in [2.24, 2.45) is 0 Å². The summed E-state index contributed by atoms with van der Waals surface area (Å²) in [5.74, 6) is 0. The van der Waals surface area contributed by atoms with E-state index in [1.54, 1.807) is 0 Å². The Morgan fingerprint density at radius 2 is 0.980 bits per heavy atom. The average Bonchev–Trinajstić information content (AvgIpc) is 3.38. The van der Waals surface area contributed by atoms with Gasteiger partial charge in [-0.1, -0.05) is 153 Å². The summed E-state index contributed by atoms with van der Waals surface area (Å²) in [4.78, 5) is 5.09. The fourth-order valence-electron chi connectivity index (χ4n) is 8.58. The summed E-state index contributed by atoms with van der Waals surface area (Å²) < 4.78 is 0. The van der Waals surface area contributed by atoms with E-state index in [9.17, 15) is 0 Å². The third-order valence-electron chi connectivity index (χ3n) is 10.9. The van der Waals surface area contributed by atoms with Crippen LogP contribution in [0.5, 0.6) is 0 Å². The summed E-state index contributed by atoms with van der Waals surface area (Å²) in [7, 11) is 0. The Hall–Kier alpha value is -6.05. The van der Waals surface area contributed by atoms with E-state index in [0.29, 0.717) is 0 Å². The highest BCUT2D eigenvalue weighted by Crippen LogP contribution is 2.51. The van der Waals surface area contributed by atoms with Gasteiger partial charge in [-0.25, -0.2) is 0 Å². The first-order valence-electron chi connectivity index (χ1n) is 17.1. The fourth-order valence-corrected chi connectivity index (χ4v) is 8.58. The molecule has 0 saturated carbocycles. The van der Waals surface area contributed by atoms with E-state index < -0.39 is 0 Å². The lowest BCUT2D eigenvalue weighted by molar-refractivity contribution is 0.660. The summed E-state index contributed by atoms with van der Waals surface area (Å²) in [6.45, 7) is 4.70. The van der Waals surface area contributed by atoms with Gasteiger partial charge in [-0.15, -0.1) is 0 Å². The first kappa shape index (κ1) is 28.0. The molecule has 0 fully saturated rings. The van der Waals surface area contributed by atoms with Crippen LogP contribution in [0.25, 0.3) is 87.7 Å². The van der Waals surface area contributed by atoms with Crippen LogP contribution in [-0.2, 0) is 5.41 Å². The van der Waals surface area contributed by atoms with Crippen molar-refractivity contribution in [2.75, 3.05) is 0 Å². The number of rotatable bonds is 3. The number of benzene rings is 8. The summed E-state index contributed by atoms with van der Waals surface area (Å²) in [6, 6.07) is 58.2. The van der Waals surface area contributed by atoms with Crippen LogP contribution < -0.4 is 0 Å². The predicted molar refractivity (Wildman–Crippen MR) is 208 cm³/mol. The second-order valence-electron chi connectivity index (χ2n) is 13.9. The zero-order chi connectivity index (χ0) is 32.7. The molecule has 230 valence electrons. The molecular formula is C48H33N. The van der Waals surface area contributed by atoms with E-state index in [1.165, 1.54) is 93.2 Å². The number of pyridine rings is 1. The van der Waals surface area contributed by atoms with Crippen molar-refractivity contribution in [2.45, 2.75) is 19.3 Å². The third-order valence-corrected chi connectivity index (χ3v) is 10.9. The van der Waals surface area contributed by atoms with Crippen molar-refractivity contribution in [3.63, 3.8) is 0 Å². The van der Waals surface area contributed by atoms with Crippen LogP contribution in [0.2, 0.25) is 0 Å². The first-order valence-corrected chi connectivity index (χ1v) is 17.1. The molecule has 0 amide bonds. The van der Waals surface area contributed by atoms with Gasteiger partial charge in [0, 0.05) is 22.6 Å². The van der Waals surface area contributed by atoms with Crippen LogP contribution in [0.1, 0.15) is 25.0 Å². The van der Waals surface area contributed by atoms with Gasteiger partial charge in [-0.3, -0.25) is 4.98 Å². The molecule has 0 unspecified atom stereocenters. The van der Waals surface area contributed by atoms with E-state index in [1.807, 2.05) is 6.20 Å². The molecule has 1 aliphatic carbocycles. The molecule has 0 bridgehead atoms. The van der Waals surface area contributed by atoms with Gasteiger partial charge in [-0.2, -0.15) is 0 Å². The summed E-state index contributed by atoms with van der Waals surface area (Å²) >= 11 is 0. The predicted octanol–water partition coefficient (Wildman–Crippen LogP) is 13.0. The lowest BCUT2D eigenvalue weighted by atomic mass is 9.81. The molecule has 1 heterocycles. The Bertz CT molecular complexity index is 2790. The monoisotopic (exact) mass is 623 g/mol. The molecule has 1 aromatic heterocycles. The number of hydrogen-bond acceptors (Lipinski definition) is 1. The van der Waals surface area contributed by atoms with Crippen LogP contribution in [0.15, 0.2) is 164 Å². The van der Waals surface area contributed by atoms with Crippen molar-refractivity contribution in [3.05, 3.63) is 175 Å². The molecule has 8 aromatic carbocycles. The normalized spacial score (nSPS) is 13.3. The molecule has 1 heteroatoms. The minimum atomic E-state index is -0.0416. The van der Waals surface area contributed by atoms with Crippen LogP contribution >= 0.6 is 0 Å². The van der Waals surface area contributed by atoms with E-state index >= 15 is 0 Å². The third kappa shape index (κ3) is 4.09. The standard InChI is InChI=1S/C48H33N/c1-48(2)43-21-10-9-17-37(43)41-29-33(23-25-44(41)48)45-38-18-7-8-19-39(38)46(47-36-16-6-4-13-31(36)26-27-49-47)40-24-22-32(28-42(40)45)35-20-11-14-30-12-3-5-15-34(30)35/h3-29H,1-2H3. The summed E-state index contributed by atoms with van der Waals surface area (Å²) in [5.41, 5.74) is 12.6. The molecule has 1 aliphatic rings. The molecule has 9 aromatic rings. The number of fused-ring (bicyclic) bond motifs is 7. The van der Waals surface area contributed by atoms with E-state index in [4.69, 9.17) is 4.98 Å². The maximum atomic E-state index is 5.09. The molecule has 10 rings (SSSR count). The fraction of sp³-hybridized carbons (Fsp3) is 0.0625. The topological polar surface area (TPSA) is 12.9 Å². The zero-order valence-electron chi connectivity index (χ0n) is 27.5. The van der Waals surface area contributed by atoms with Crippen LogP contribution in [0.3, 0.4) is 0 Å². The average molecular weight is 624 g/mol. The Morgan fingerprint density at radius 3 is 1.82 bits per heavy atom. The first-order chi connectivity index (χ1) is 24.1. The minimum Gasteiger partial charge on any atom is -0.256 e. The Morgan fingerprint density at radius 1 is 0.388 bits per heavy atom. The summed E-state index contributed by atoms with van der Waals surface area (Å²) in [5, 5.41) is 9.77. The SMILES string of the molecule is CC1(C)c2ccccc2-c2cc(-c3c4ccccc4c(-c4nccc5ccccc45)c4ccc(-c5cccc6ccccc56)cc34)ccc21. The molecular weight excluding hydrogens is 591 g/mol. The number of aromatic nitrogens is 1. The number of hydrogen-bond donors (Lipinski definition) is 0. The molecule has 1 nitrogen and oxygen atoms in total. The van der Waals surface area contributed by atoms with Crippen LogP contribution in [-0.4, -0.2) is 4.98 Å². The highest BCUT2D eigenvalue weighted by Gasteiger charge is 2.35. The van der Waals surface area contributed by atoms with Crippen molar-refractivity contribution in [3.8, 4) is 44.6 Å². The quantitative estimate of drug-likeness (QED) is 0.178. The van der Waals surface area contributed by atoms with E-state index in [0.717, 1.165) is 5.69 Å². The Balaban J connectivity index is 1.34. The van der Waals surface area contributed by atoms with Crippen LogP contribution in [0.4, 0.5) is 0 Å². The van der Waals surface area contributed by atoms with Crippen LogP contribution in [0, 0.1) is 0 Å².